The van der Waals surface area contributed by atoms with Gasteiger partial charge in [0.15, 0.2) is 0 Å². The van der Waals surface area contributed by atoms with Crippen LogP contribution in [0.2, 0.25) is 0 Å². The fourth-order valence-corrected chi connectivity index (χ4v) is 3.89. The van der Waals surface area contributed by atoms with Crippen molar-refractivity contribution >= 4 is 9.84 Å². The molecule has 0 aliphatic heterocycles. The maximum atomic E-state index is 11.4. The highest BCUT2D eigenvalue weighted by Gasteiger charge is 2.23. The first kappa shape index (κ1) is 16.0. The molecule has 3 nitrogen and oxygen atoms in total. The van der Waals surface area contributed by atoms with Crippen LogP contribution in [-0.4, -0.2) is 32.5 Å². The van der Waals surface area contributed by atoms with Gasteiger partial charge in [0.05, 0.1) is 5.75 Å². The van der Waals surface area contributed by atoms with Crippen molar-refractivity contribution in [1.82, 2.24) is 5.32 Å². The van der Waals surface area contributed by atoms with E-state index in [1.807, 2.05) is 0 Å². The van der Waals surface area contributed by atoms with Gasteiger partial charge in [-0.2, -0.15) is 0 Å². The van der Waals surface area contributed by atoms with Crippen LogP contribution in [0, 0.1) is 5.92 Å². The molecular weight excluding hydrogens is 246 g/mol. The molecule has 0 amide bonds. The Morgan fingerprint density at radius 3 is 2.39 bits per heavy atom. The Kier molecular flexibility index (Phi) is 7.23. The van der Waals surface area contributed by atoms with E-state index in [-0.39, 0.29) is 5.75 Å². The zero-order valence-corrected chi connectivity index (χ0v) is 12.8. The van der Waals surface area contributed by atoms with E-state index in [9.17, 15) is 8.42 Å². The van der Waals surface area contributed by atoms with E-state index in [4.69, 9.17) is 0 Å². The van der Waals surface area contributed by atoms with Crippen LogP contribution in [0.4, 0.5) is 0 Å². The molecule has 1 atom stereocenters. The number of sulfone groups is 1. The number of nitrogens with one attached hydrogen (secondary N) is 1. The van der Waals surface area contributed by atoms with Gasteiger partial charge < -0.3 is 5.32 Å². The average Bonchev–Trinajstić information content (AvgIpc) is 2.87. The molecule has 108 valence electrons. The molecule has 1 fully saturated rings. The zero-order valence-electron chi connectivity index (χ0n) is 12.0. The maximum Gasteiger partial charge on any atom is 0.150 e. The van der Waals surface area contributed by atoms with Crippen LogP contribution in [0.3, 0.4) is 0 Å². The normalized spacial score (nSPS) is 19.2. The Labute approximate surface area is 113 Å². The molecule has 1 unspecified atom stereocenters. The molecule has 0 aromatic heterocycles. The van der Waals surface area contributed by atoms with Crippen molar-refractivity contribution in [3.05, 3.63) is 0 Å². The van der Waals surface area contributed by atoms with Crippen LogP contribution >= 0.6 is 0 Å². The molecule has 1 saturated carbocycles. The van der Waals surface area contributed by atoms with Crippen LogP contribution in [-0.2, 0) is 9.84 Å². The fraction of sp³-hybridized carbons (Fsp3) is 1.00. The lowest BCUT2D eigenvalue weighted by Gasteiger charge is -2.24. The van der Waals surface area contributed by atoms with Crippen LogP contribution in [0.5, 0.6) is 0 Å². The summed E-state index contributed by atoms with van der Waals surface area (Å²) in [5.41, 5.74) is 0. The molecule has 0 heterocycles. The van der Waals surface area contributed by atoms with E-state index < -0.39 is 9.84 Å². The number of unbranched alkanes of at least 4 members (excludes halogenated alkanes) is 1. The lowest BCUT2D eigenvalue weighted by atomic mass is 9.93. The molecule has 0 radical (unpaired) electrons. The Hall–Kier alpha value is -0.0900. The zero-order chi connectivity index (χ0) is 13.4. The molecule has 0 saturated heterocycles. The van der Waals surface area contributed by atoms with E-state index in [0.717, 1.165) is 31.7 Å². The predicted molar refractivity (Wildman–Crippen MR) is 77.6 cm³/mol. The Morgan fingerprint density at radius 2 is 1.83 bits per heavy atom. The highest BCUT2D eigenvalue weighted by atomic mass is 32.2. The smallest absolute Gasteiger partial charge is 0.150 e. The van der Waals surface area contributed by atoms with Gasteiger partial charge in [-0.3, -0.25) is 0 Å². The van der Waals surface area contributed by atoms with Crippen molar-refractivity contribution in [2.24, 2.45) is 5.92 Å². The van der Waals surface area contributed by atoms with Crippen LogP contribution < -0.4 is 5.32 Å². The van der Waals surface area contributed by atoms with E-state index in [1.54, 1.807) is 6.92 Å². The topological polar surface area (TPSA) is 46.2 Å². The van der Waals surface area contributed by atoms with Crippen molar-refractivity contribution in [2.45, 2.75) is 64.8 Å². The van der Waals surface area contributed by atoms with Gasteiger partial charge in [-0.05, 0) is 38.1 Å². The summed E-state index contributed by atoms with van der Waals surface area (Å²) in [5.74, 6) is 1.48. The van der Waals surface area contributed by atoms with E-state index in [1.165, 1.54) is 25.7 Å². The highest BCUT2D eigenvalue weighted by Crippen LogP contribution is 2.29. The Morgan fingerprint density at radius 1 is 1.17 bits per heavy atom. The second-order valence-corrected chi connectivity index (χ2v) is 7.91. The number of rotatable bonds is 9. The quantitative estimate of drug-likeness (QED) is 0.658. The minimum atomic E-state index is -2.77. The Bertz CT molecular complexity index is 308. The van der Waals surface area contributed by atoms with Gasteiger partial charge in [-0.15, -0.1) is 0 Å². The van der Waals surface area contributed by atoms with Gasteiger partial charge in [0, 0.05) is 11.8 Å². The number of hydrogen-bond donors (Lipinski definition) is 1. The summed E-state index contributed by atoms with van der Waals surface area (Å²) in [5, 5.41) is 3.59. The first-order valence-electron chi connectivity index (χ1n) is 7.53. The van der Waals surface area contributed by atoms with Crippen molar-refractivity contribution in [3.8, 4) is 0 Å². The molecule has 0 spiro atoms. The average molecular weight is 275 g/mol. The van der Waals surface area contributed by atoms with Gasteiger partial charge in [0.1, 0.15) is 9.84 Å². The third-order valence-electron chi connectivity index (χ3n) is 4.10. The molecule has 1 aliphatic rings. The molecule has 1 rings (SSSR count). The first-order chi connectivity index (χ1) is 8.59. The molecule has 0 aromatic rings. The summed E-state index contributed by atoms with van der Waals surface area (Å²) in [6, 6.07) is 0.613. The van der Waals surface area contributed by atoms with Crippen LogP contribution in [0.15, 0.2) is 0 Å². The van der Waals surface area contributed by atoms with Gasteiger partial charge in [-0.1, -0.05) is 33.1 Å². The molecule has 0 aromatic carbocycles. The standard InChI is InChI=1S/C14H29NO2S/c1-3-15-14(13-9-5-6-10-13)11-7-8-12-18(16,17)4-2/h13-15H,3-12H2,1-2H3. The summed E-state index contributed by atoms with van der Waals surface area (Å²) >= 11 is 0. The molecule has 18 heavy (non-hydrogen) atoms. The maximum absolute atomic E-state index is 11.4. The van der Waals surface area contributed by atoms with Gasteiger partial charge >= 0.3 is 0 Å². The third kappa shape index (κ3) is 5.70. The monoisotopic (exact) mass is 275 g/mol. The summed E-state index contributed by atoms with van der Waals surface area (Å²) in [6.07, 6.45) is 8.44. The van der Waals surface area contributed by atoms with Gasteiger partial charge in [-0.25, -0.2) is 8.42 Å². The predicted octanol–water partition coefficient (Wildman–Crippen LogP) is 2.76. The van der Waals surface area contributed by atoms with E-state index in [0.29, 0.717) is 11.8 Å². The summed E-state index contributed by atoms with van der Waals surface area (Å²) < 4.78 is 22.8. The summed E-state index contributed by atoms with van der Waals surface area (Å²) in [4.78, 5) is 0. The van der Waals surface area contributed by atoms with Crippen LogP contribution in [0.1, 0.15) is 58.8 Å². The fourth-order valence-electron chi connectivity index (χ4n) is 2.96. The van der Waals surface area contributed by atoms with Crippen molar-refractivity contribution in [1.29, 1.82) is 0 Å². The molecule has 1 N–H and O–H groups in total. The highest BCUT2D eigenvalue weighted by molar-refractivity contribution is 7.91. The third-order valence-corrected chi connectivity index (χ3v) is 5.89. The Balaban J connectivity index is 2.25. The lowest BCUT2D eigenvalue weighted by molar-refractivity contribution is 0.339. The van der Waals surface area contributed by atoms with Gasteiger partial charge in [0.25, 0.3) is 0 Å². The second-order valence-electron chi connectivity index (χ2n) is 5.44. The SMILES string of the molecule is CCNC(CCCCS(=O)(=O)CC)C1CCCC1. The van der Waals surface area contributed by atoms with E-state index in [2.05, 4.69) is 12.2 Å². The minimum Gasteiger partial charge on any atom is -0.314 e. The largest absolute Gasteiger partial charge is 0.314 e. The molecule has 4 heteroatoms. The van der Waals surface area contributed by atoms with Crippen molar-refractivity contribution in [2.75, 3.05) is 18.1 Å². The molecule has 0 bridgehead atoms. The second kappa shape index (κ2) is 8.16. The van der Waals surface area contributed by atoms with Crippen molar-refractivity contribution < 1.29 is 8.42 Å². The number of hydrogen-bond acceptors (Lipinski definition) is 3. The molecular formula is C14H29NO2S. The van der Waals surface area contributed by atoms with Crippen LogP contribution in [0.25, 0.3) is 0 Å². The first-order valence-corrected chi connectivity index (χ1v) is 9.35. The summed E-state index contributed by atoms with van der Waals surface area (Å²) in [6.45, 7) is 4.91. The lowest BCUT2D eigenvalue weighted by Crippen LogP contribution is -2.35. The van der Waals surface area contributed by atoms with Gasteiger partial charge in [0.2, 0.25) is 0 Å². The summed E-state index contributed by atoms with van der Waals surface area (Å²) in [7, 11) is -2.77. The van der Waals surface area contributed by atoms with E-state index >= 15 is 0 Å². The van der Waals surface area contributed by atoms with Crippen molar-refractivity contribution in [3.63, 3.8) is 0 Å². The molecule has 1 aliphatic carbocycles. The minimum absolute atomic E-state index is 0.284.